The molecule has 2 aliphatic rings. The fourth-order valence-electron chi connectivity index (χ4n) is 4.19. The number of hydrogen-bond donors (Lipinski definition) is 1. The Kier molecular flexibility index (Phi) is 5.52. The van der Waals surface area contributed by atoms with Crippen molar-refractivity contribution in [2.75, 3.05) is 13.2 Å². The van der Waals surface area contributed by atoms with Crippen LogP contribution in [0.3, 0.4) is 0 Å². The quantitative estimate of drug-likeness (QED) is 0.532. The molecular formula is C21H23N3O6S. The van der Waals surface area contributed by atoms with Gasteiger partial charge in [0.05, 0.1) is 33.8 Å². The first-order valence-electron chi connectivity index (χ1n) is 10.2. The maximum absolute atomic E-state index is 13.1. The largest absolute Gasteiger partial charge is 0.464 e. The topological polar surface area (TPSA) is 123 Å². The highest BCUT2D eigenvalue weighted by atomic mass is 32.2. The molecule has 0 spiro atoms. The van der Waals surface area contributed by atoms with Crippen molar-refractivity contribution in [2.45, 2.75) is 50.5 Å². The third-order valence-corrected chi connectivity index (χ3v) is 7.18. The average molecular weight is 445 g/mol. The maximum Gasteiger partial charge on any atom is 0.302 e. The summed E-state index contributed by atoms with van der Waals surface area (Å²) < 4.78 is 33.3. The third-order valence-electron chi connectivity index (χ3n) is 5.66. The fraction of sp³-hybridized carbons (Fsp3) is 0.429. The van der Waals surface area contributed by atoms with E-state index in [9.17, 15) is 22.8 Å². The molecule has 0 saturated heterocycles. The van der Waals surface area contributed by atoms with Crippen LogP contribution in [-0.2, 0) is 19.6 Å². The monoisotopic (exact) mass is 445 g/mol. The van der Waals surface area contributed by atoms with Crippen LogP contribution in [0.2, 0.25) is 0 Å². The van der Waals surface area contributed by atoms with E-state index >= 15 is 0 Å². The lowest BCUT2D eigenvalue weighted by Crippen LogP contribution is -2.33. The molecule has 2 aromatic rings. The third kappa shape index (κ3) is 3.92. The van der Waals surface area contributed by atoms with Gasteiger partial charge in [-0.05, 0) is 38.0 Å². The highest BCUT2D eigenvalue weighted by Gasteiger charge is 2.39. The molecule has 2 amide bonds. The summed E-state index contributed by atoms with van der Waals surface area (Å²) in [6, 6.07) is 4.31. The zero-order valence-corrected chi connectivity index (χ0v) is 18.1. The first-order valence-corrected chi connectivity index (χ1v) is 11.6. The molecule has 2 heterocycles. The van der Waals surface area contributed by atoms with E-state index in [0.29, 0.717) is 16.6 Å². The van der Waals surface area contributed by atoms with Gasteiger partial charge in [0.15, 0.2) is 0 Å². The summed E-state index contributed by atoms with van der Waals surface area (Å²) in [4.78, 5) is 42.3. The van der Waals surface area contributed by atoms with Gasteiger partial charge in [0.25, 0.3) is 11.8 Å². The van der Waals surface area contributed by atoms with Crippen LogP contribution in [0.25, 0.3) is 10.9 Å². The second kappa shape index (κ2) is 8.01. The average Bonchev–Trinajstić information content (AvgIpc) is 3.29. The predicted molar refractivity (Wildman–Crippen MR) is 111 cm³/mol. The fourth-order valence-corrected chi connectivity index (χ4v) is 5.52. The van der Waals surface area contributed by atoms with Crippen molar-refractivity contribution in [3.8, 4) is 0 Å². The van der Waals surface area contributed by atoms with Crippen LogP contribution in [0.4, 0.5) is 0 Å². The number of esters is 1. The van der Waals surface area contributed by atoms with E-state index < -0.39 is 27.8 Å². The van der Waals surface area contributed by atoms with Crippen molar-refractivity contribution in [2.24, 2.45) is 0 Å². The number of carbonyl (C=O) groups excluding carboxylic acids is 3. The Morgan fingerprint density at radius 3 is 2.55 bits per heavy atom. The molecule has 0 bridgehead atoms. The highest BCUT2D eigenvalue weighted by Crippen LogP contribution is 2.32. The summed E-state index contributed by atoms with van der Waals surface area (Å²) in [6.07, 6.45) is 3.57. The summed E-state index contributed by atoms with van der Waals surface area (Å²) in [5.74, 6) is -1.60. The number of pyridine rings is 1. The minimum atomic E-state index is -3.78. The van der Waals surface area contributed by atoms with Gasteiger partial charge in [0.1, 0.15) is 6.61 Å². The Bertz CT molecular complexity index is 1200. The second-order valence-electron chi connectivity index (χ2n) is 7.83. The Morgan fingerprint density at radius 2 is 1.87 bits per heavy atom. The number of carbonyl (C=O) groups is 3. The van der Waals surface area contributed by atoms with E-state index in [1.54, 1.807) is 13.0 Å². The van der Waals surface area contributed by atoms with Gasteiger partial charge in [-0.15, -0.1) is 0 Å². The normalized spacial score (nSPS) is 16.9. The molecule has 1 aliphatic heterocycles. The molecule has 1 aromatic carbocycles. The van der Waals surface area contributed by atoms with E-state index in [2.05, 4.69) is 9.71 Å². The van der Waals surface area contributed by atoms with Crippen molar-refractivity contribution < 1.29 is 27.5 Å². The molecule has 0 atom stereocenters. The van der Waals surface area contributed by atoms with Gasteiger partial charge in [-0.2, -0.15) is 0 Å². The predicted octanol–water partition coefficient (Wildman–Crippen LogP) is 1.92. The van der Waals surface area contributed by atoms with Gasteiger partial charge in [-0.1, -0.05) is 12.8 Å². The molecule has 1 aromatic heterocycles. The number of aromatic nitrogens is 1. The molecule has 1 fully saturated rings. The first-order chi connectivity index (χ1) is 14.7. The van der Waals surface area contributed by atoms with Crippen molar-refractivity contribution in [3.63, 3.8) is 0 Å². The van der Waals surface area contributed by atoms with Crippen LogP contribution in [0.1, 0.15) is 59.0 Å². The summed E-state index contributed by atoms with van der Waals surface area (Å²) in [5, 5.41) is 0.309. The van der Waals surface area contributed by atoms with E-state index in [1.165, 1.54) is 19.1 Å². The Labute approximate surface area is 179 Å². The van der Waals surface area contributed by atoms with E-state index in [4.69, 9.17) is 4.74 Å². The number of nitrogens with zero attached hydrogens (tertiary/aromatic N) is 2. The molecule has 164 valence electrons. The lowest BCUT2D eigenvalue weighted by atomic mass is 10.0. The van der Waals surface area contributed by atoms with Gasteiger partial charge in [-0.3, -0.25) is 24.3 Å². The van der Waals surface area contributed by atoms with Crippen LogP contribution in [0.15, 0.2) is 23.1 Å². The summed E-state index contributed by atoms with van der Waals surface area (Å²) in [5.41, 5.74) is 1.10. The Balaban J connectivity index is 1.74. The van der Waals surface area contributed by atoms with Crippen LogP contribution >= 0.6 is 0 Å². The number of aryl methyl sites for hydroxylation is 1. The van der Waals surface area contributed by atoms with Crippen molar-refractivity contribution >= 4 is 38.7 Å². The molecule has 1 N–H and O–H groups in total. The standard InChI is InChI=1S/C21H23N3O6S/c1-12-18-19(21(27)24(20(18)26)9-10-30-13(2)25)16-11-15(7-8-17(16)22-12)31(28,29)23-14-5-3-4-6-14/h7-8,11,14,23H,3-6,9-10H2,1-2H3. The van der Waals surface area contributed by atoms with Crippen LogP contribution < -0.4 is 4.72 Å². The minimum Gasteiger partial charge on any atom is -0.464 e. The zero-order valence-electron chi connectivity index (χ0n) is 17.3. The van der Waals surface area contributed by atoms with E-state index in [1.807, 2.05) is 0 Å². The summed E-state index contributed by atoms with van der Waals surface area (Å²) in [6.45, 7) is 2.67. The van der Waals surface area contributed by atoms with Crippen molar-refractivity contribution in [3.05, 3.63) is 35.0 Å². The molecule has 1 aliphatic carbocycles. The number of sulfonamides is 1. The maximum atomic E-state index is 13.1. The van der Waals surface area contributed by atoms with Crippen molar-refractivity contribution in [1.29, 1.82) is 0 Å². The number of fused-ring (bicyclic) bond motifs is 3. The van der Waals surface area contributed by atoms with E-state index in [-0.39, 0.29) is 35.2 Å². The SMILES string of the molecule is CC(=O)OCCN1C(=O)c2c(C)nc3ccc(S(=O)(=O)NC4CCCC4)cc3c2C1=O. The lowest BCUT2D eigenvalue weighted by molar-refractivity contribution is -0.141. The molecule has 4 rings (SSSR count). The highest BCUT2D eigenvalue weighted by molar-refractivity contribution is 7.89. The number of ether oxygens (including phenoxy) is 1. The Hall–Kier alpha value is -2.85. The van der Waals surface area contributed by atoms with Crippen LogP contribution in [0, 0.1) is 6.92 Å². The smallest absolute Gasteiger partial charge is 0.302 e. The van der Waals surface area contributed by atoms with E-state index in [0.717, 1.165) is 30.6 Å². The van der Waals surface area contributed by atoms with Crippen molar-refractivity contribution in [1.82, 2.24) is 14.6 Å². The van der Waals surface area contributed by atoms with Gasteiger partial charge in [-0.25, -0.2) is 13.1 Å². The number of hydrogen-bond acceptors (Lipinski definition) is 7. The summed E-state index contributed by atoms with van der Waals surface area (Å²) in [7, 11) is -3.78. The number of amides is 2. The number of benzene rings is 1. The van der Waals surface area contributed by atoms with Crippen LogP contribution in [-0.4, -0.2) is 55.3 Å². The van der Waals surface area contributed by atoms with Crippen LogP contribution in [0.5, 0.6) is 0 Å². The number of rotatable bonds is 6. The van der Waals surface area contributed by atoms with Gasteiger partial charge in [0, 0.05) is 18.4 Å². The molecule has 31 heavy (non-hydrogen) atoms. The minimum absolute atomic E-state index is 0.0263. The second-order valence-corrected chi connectivity index (χ2v) is 9.54. The molecule has 0 radical (unpaired) electrons. The number of imide groups is 1. The van der Waals surface area contributed by atoms with Gasteiger partial charge in [0.2, 0.25) is 10.0 Å². The number of nitrogens with one attached hydrogen (secondary N) is 1. The molecular weight excluding hydrogens is 422 g/mol. The first kappa shape index (κ1) is 21.4. The molecule has 10 heteroatoms. The van der Waals surface area contributed by atoms with Gasteiger partial charge < -0.3 is 4.74 Å². The van der Waals surface area contributed by atoms with Gasteiger partial charge >= 0.3 is 5.97 Å². The molecule has 9 nitrogen and oxygen atoms in total. The molecule has 1 saturated carbocycles. The Morgan fingerprint density at radius 1 is 1.19 bits per heavy atom. The molecule has 0 unspecified atom stereocenters. The lowest BCUT2D eigenvalue weighted by Gasteiger charge is -2.14. The summed E-state index contributed by atoms with van der Waals surface area (Å²) >= 11 is 0. The zero-order chi connectivity index (χ0) is 22.3.